The van der Waals surface area contributed by atoms with Gasteiger partial charge in [0.2, 0.25) is 20.9 Å². The van der Waals surface area contributed by atoms with Crippen molar-refractivity contribution in [2.75, 3.05) is 51.9 Å². The van der Waals surface area contributed by atoms with Gasteiger partial charge in [-0.15, -0.1) is 5.54 Å². The summed E-state index contributed by atoms with van der Waals surface area (Å²) < 4.78 is 76.0. The van der Waals surface area contributed by atoms with Gasteiger partial charge in [-0.2, -0.15) is 0 Å². The summed E-state index contributed by atoms with van der Waals surface area (Å²) in [5, 5.41) is 10.3. The molecule has 0 radical (unpaired) electrons. The van der Waals surface area contributed by atoms with E-state index in [1.165, 1.54) is 26.4 Å². The van der Waals surface area contributed by atoms with Crippen LogP contribution in [0.5, 0.6) is 11.6 Å². The number of hydrogen-bond acceptors (Lipinski definition) is 10. The van der Waals surface area contributed by atoms with Crippen LogP contribution in [0.2, 0.25) is 16.6 Å². The molecule has 1 N–H and O–H groups in total. The molecule has 52 heavy (non-hydrogen) atoms. The average molecular weight is 755 g/mol. The van der Waals surface area contributed by atoms with Crippen molar-refractivity contribution >= 4 is 45.4 Å². The first-order chi connectivity index (χ1) is 24.6. The molecule has 0 spiro atoms. The predicted octanol–water partition coefficient (Wildman–Crippen LogP) is 7.30. The molecule has 1 aliphatic rings. The highest BCUT2D eigenvalue weighted by Gasteiger charge is 2.42. The highest BCUT2D eigenvalue weighted by atomic mass is 32.2. The van der Waals surface area contributed by atoms with E-state index in [0.29, 0.717) is 36.0 Å². The van der Waals surface area contributed by atoms with E-state index in [-0.39, 0.29) is 75.4 Å². The molecule has 2 aromatic carbocycles. The minimum Gasteiger partial charge on any atom is -0.480 e. The third-order valence-corrected chi connectivity index (χ3v) is 17.4. The first-order valence-corrected chi connectivity index (χ1v) is 21.6. The summed E-state index contributed by atoms with van der Waals surface area (Å²) >= 11 is 0. The van der Waals surface area contributed by atoms with E-state index in [1.54, 1.807) is 17.0 Å². The minimum atomic E-state index is -4.02. The lowest BCUT2D eigenvalue weighted by Crippen LogP contribution is -2.43. The molecule has 0 aliphatic carbocycles. The van der Waals surface area contributed by atoms with Crippen LogP contribution in [-0.4, -0.2) is 83.5 Å². The number of halogens is 2. The summed E-state index contributed by atoms with van der Waals surface area (Å²) in [6.07, 6.45) is 2.42. The van der Waals surface area contributed by atoms with Gasteiger partial charge in [-0.25, -0.2) is 32.2 Å². The number of anilines is 1. The fourth-order valence-corrected chi connectivity index (χ4v) is 13.5. The van der Waals surface area contributed by atoms with Crippen LogP contribution in [0.4, 0.5) is 14.6 Å². The number of benzene rings is 2. The van der Waals surface area contributed by atoms with Crippen molar-refractivity contribution in [3.63, 3.8) is 0 Å². The Bertz CT molecular complexity index is 2130. The third-order valence-electron chi connectivity index (χ3n) is 10.2. The summed E-state index contributed by atoms with van der Waals surface area (Å²) in [6, 6.07) is 6.15. The normalized spacial score (nSPS) is 15.5. The van der Waals surface area contributed by atoms with Gasteiger partial charge in [0, 0.05) is 44.0 Å². The van der Waals surface area contributed by atoms with Gasteiger partial charge in [0.1, 0.15) is 42.1 Å². The monoisotopic (exact) mass is 754 g/mol. The molecule has 0 bridgehead atoms. The van der Waals surface area contributed by atoms with E-state index in [1.807, 2.05) is 0 Å². The van der Waals surface area contributed by atoms with Crippen LogP contribution in [0, 0.1) is 29.0 Å². The molecule has 4 aromatic rings. The topological polar surface area (TPSA) is 124 Å². The molecule has 1 atom stereocenters. The van der Waals surface area contributed by atoms with Gasteiger partial charge in [0.25, 0.3) is 0 Å². The van der Waals surface area contributed by atoms with Gasteiger partial charge >= 0.3 is 0 Å². The zero-order chi connectivity index (χ0) is 38.1. The summed E-state index contributed by atoms with van der Waals surface area (Å²) in [5.41, 5.74) is 4.08. The van der Waals surface area contributed by atoms with Crippen molar-refractivity contribution in [1.29, 1.82) is 0 Å². The number of nitrogens with zero attached hydrogens (tertiary/aromatic N) is 4. The Morgan fingerprint density at radius 3 is 2.31 bits per heavy atom. The minimum absolute atomic E-state index is 0.0566. The maximum Gasteiger partial charge on any atom is 0.249 e. The van der Waals surface area contributed by atoms with E-state index in [2.05, 4.69) is 68.0 Å². The molecule has 1 unspecified atom stereocenters. The standard InChI is InChI=1S/C38H48F2N4O6SSi/c1-22(2)52(23(3)4,24(5)6)16-14-28-30(39)13-12-26-17-27(50-21-48-7)18-29(31(26)28)34-33(40)35-32(37(41-34)49-8)36(43-38(42-35)51(9,46)47)44-15-10-11-25(19-44)20-45/h12-13,17-18,22-25,45H,10-11,15,19-21H2,1-9H3. The van der Waals surface area contributed by atoms with Gasteiger partial charge in [0.15, 0.2) is 12.6 Å². The Labute approximate surface area is 305 Å². The molecule has 1 aliphatic heterocycles. The number of aliphatic hydroxyl groups is 1. The zero-order valence-electron chi connectivity index (χ0n) is 31.3. The molecule has 0 saturated carbocycles. The van der Waals surface area contributed by atoms with Crippen molar-refractivity contribution < 1.29 is 36.5 Å². The first kappa shape index (κ1) is 39.3. The molecule has 10 nitrogen and oxygen atoms in total. The molecule has 1 saturated heterocycles. The lowest BCUT2D eigenvalue weighted by Gasteiger charge is -2.38. The average Bonchev–Trinajstić information content (AvgIpc) is 3.10. The van der Waals surface area contributed by atoms with Gasteiger partial charge in [-0.1, -0.05) is 53.5 Å². The third kappa shape index (κ3) is 7.33. The quantitative estimate of drug-likeness (QED) is 0.0723. The summed E-state index contributed by atoms with van der Waals surface area (Å²) in [7, 11) is -3.52. The van der Waals surface area contributed by atoms with Crippen LogP contribution in [-0.2, 0) is 14.6 Å². The van der Waals surface area contributed by atoms with Gasteiger partial charge in [-0.3, -0.25) is 0 Å². The summed E-state index contributed by atoms with van der Waals surface area (Å²) in [4.78, 5) is 15.1. The first-order valence-electron chi connectivity index (χ1n) is 17.5. The number of aliphatic hydroxyl groups excluding tert-OH is 1. The maximum atomic E-state index is 17.3. The van der Waals surface area contributed by atoms with Crippen LogP contribution < -0.4 is 14.4 Å². The number of aromatic nitrogens is 3. The smallest absolute Gasteiger partial charge is 0.249 e. The molecule has 14 heteroatoms. The number of sulfone groups is 1. The second kappa shape index (κ2) is 15.6. The zero-order valence-corrected chi connectivity index (χ0v) is 33.1. The van der Waals surface area contributed by atoms with Crippen molar-refractivity contribution in [2.24, 2.45) is 5.92 Å². The summed E-state index contributed by atoms with van der Waals surface area (Å²) in [6.45, 7) is 13.7. The number of ether oxygens (including phenoxy) is 3. The molecule has 0 amide bonds. The highest BCUT2D eigenvalue weighted by molar-refractivity contribution is 7.90. The van der Waals surface area contributed by atoms with E-state index < -0.39 is 34.7 Å². The highest BCUT2D eigenvalue weighted by Crippen LogP contribution is 2.44. The van der Waals surface area contributed by atoms with E-state index >= 15 is 8.78 Å². The van der Waals surface area contributed by atoms with Crippen LogP contribution in [0.1, 0.15) is 59.9 Å². The fourth-order valence-electron chi connectivity index (χ4n) is 7.77. The Hall–Kier alpha value is -3.90. The second-order valence-corrected chi connectivity index (χ2v) is 21.9. The van der Waals surface area contributed by atoms with Gasteiger partial charge in [-0.05, 0) is 59.0 Å². The van der Waals surface area contributed by atoms with Crippen LogP contribution >= 0.6 is 0 Å². The number of pyridine rings is 1. The van der Waals surface area contributed by atoms with Crippen LogP contribution in [0.15, 0.2) is 29.4 Å². The van der Waals surface area contributed by atoms with Crippen molar-refractivity contribution in [3.05, 3.63) is 41.5 Å². The van der Waals surface area contributed by atoms with Crippen molar-refractivity contribution in [1.82, 2.24) is 15.0 Å². The maximum absolute atomic E-state index is 17.3. The summed E-state index contributed by atoms with van der Waals surface area (Å²) in [5.74, 6) is 2.00. The SMILES string of the molecule is COCOc1cc(-c2nc(OC)c3c(N4CCCC(CO)C4)nc(S(C)(=O)=O)nc3c2F)c2c(C#C[Si](C(C)C)(C(C)C)C(C)C)c(F)ccc2c1. The van der Waals surface area contributed by atoms with E-state index in [9.17, 15) is 13.5 Å². The molecule has 1 fully saturated rings. The Morgan fingerprint density at radius 2 is 1.71 bits per heavy atom. The fraction of sp³-hybridized carbons (Fsp3) is 0.500. The van der Waals surface area contributed by atoms with Crippen molar-refractivity contribution in [2.45, 2.75) is 76.2 Å². The number of piperidine rings is 1. The largest absolute Gasteiger partial charge is 0.480 e. The second-order valence-electron chi connectivity index (χ2n) is 14.4. The molecule has 5 rings (SSSR count). The Kier molecular flexibility index (Phi) is 11.8. The van der Waals surface area contributed by atoms with E-state index in [4.69, 9.17) is 14.2 Å². The number of rotatable bonds is 11. The number of fused-ring (bicyclic) bond motifs is 2. The van der Waals surface area contributed by atoms with Crippen molar-refractivity contribution in [3.8, 4) is 34.4 Å². The molecule has 3 heterocycles. The Morgan fingerprint density at radius 1 is 1.02 bits per heavy atom. The lowest BCUT2D eigenvalue weighted by atomic mass is 9.95. The number of methoxy groups -OCH3 is 2. The molecular formula is C38H48F2N4O6SSi. The lowest BCUT2D eigenvalue weighted by molar-refractivity contribution is 0.0512. The Balaban J connectivity index is 1.91. The van der Waals surface area contributed by atoms with Crippen LogP contribution in [0.3, 0.4) is 0 Å². The number of hydrogen-bond donors (Lipinski definition) is 1. The molecular weight excluding hydrogens is 707 g/mol. The predicted molar refractivity (Wildman–Crippen MR) is 202 cm³/mol. The van der Waals surface area contributed by atoms with E-state index in [0.717, 1.165) is 12.7 Å². The molecule has 280 valence electrons. The molecule has 2 aromatic heterocycles. The van der Waals surface area contributed by atoms with Gasteiger partial charge < -0.3 is 24.2 Å². The van der Waals surface area contributed by atoms with Crippen LogP contribution in [0.25, 0.3) is 32.9 Å². The van der Waals surface area contributed by atoms with Gasteiger partial charge in [0.05, 0.1) is 12.7 Å².